The first-order valence-electron chi connectivity index (χ1n) is 3.71. The van der Waals surface area contributed by atoms with Crippen molar-refractivity contribution < 1.29 is 4.74 Å². The summed E-state index contributed by atoms with van der Waals surface area (Å²) in [7, 11) is 1.71. The van der Waals surface area contributed by atoms with E-state index in [1.54, 1.807) is 18.4 Å². The van der Waals surface area contributed by atoms with Gasteiger partial charge in [-0.15, -0.1) is 11.3 Å². The average molecular weight is 179 g/mol. The Bertz CT molecular complexity index is 383. The van der Waals surface area contributed by atoms with Gasteiger partial charge in [-0.2, -0.15) is 0 Å². The first-order chi connectivity index (χ1) is 5.90. The zero-order valence-electron chi connectivity index (χ0n) is 6.78. The number of benzene rings is 1. The van der Waals surface area contributed by atoms with Crippen LogP contribution in [0.2, 0.25) is 0 Å². The maximum atomic E-state index is 5.04. The zero-order chi connectivity index (χ0) is 8.39. The summed E-state index contributed by atoms with van der Waals surface area (Å²) >= 11 is 1.66. The van der Waals surface area contributed by atoms with Gasteiger partial charge in [0.05, 0.1) is 22.3 Å². The standard InChI is InChI=1S/C9H9NOS/c1-11-5-7-2-3-8-9(4-7)12-6-10-8/h2-4,6H,5H2,1H3. The molecule has 0 saturated heterocycles. The van der Waals surface area contributed by atoms with E-state index in [1.165, 1.54) is 10.3 Å². The minimum absolute atomic E-state index is 0.674. The number of hydrogen-bond acceptors (Lipinski definition) is 3. The van der Waals surface area contributed by atoms with E-state index in [-0.39, 0.29) is 0 Å². The Morgan fingerprint density at radius 3 is 3.25 bits per heavy atom. The summed E-state index contributed by atoms with van der Waals surface area (Å²) in [6.45, 7) is 0.674. The van der Waals surface area contributed by atoms with Gasteiger partial charge in [0.2, 0.25) is 0 Å². The fourth-order valence-electron chi connectivity index (χ4n) is 1.16. The molecule has 12 heavy (non-hydrogen) atoms. The molecule has 0 bridgehead atoms. The van der Waals surface area contributed by atoms with Crippen molar-refractivity contribution in [3.8, 4) is 0 Å². The van der Waals surface area contributed by atoms with Crippen molar-refractivity contribution in [2.24, 2.45) is 0 Å². The van der Waals surface area contributed by atoms with Crippen molar-refractivity contribution in [1.82, 2.24) is 4.98 Å². The number of nitrogens with zero attached hydrogens (tertiary/aromatic N) is 1. The van der Waals surface area contributed by atoms with Gasteiger partial charge in [0.15, 0.2) is 0 Å². The SMILES string of the molecule is COCc1ccc2ncsc2c1. The lowest BCUT2D eigenvalue weighted by molar-refractivity contribution is 0.185. The number of thiazole rings is 1. The molecule has 3 heteroatoms. The summed E-state index contributed by atoms with van der Waals surface area (Å²) in [5.74, 6) is 0. The molecule has 0 saturated carbocycles. The minimum atomic E-state index is 0.674. The fraction of sp³-hybridized carbons (Fsp3) is 0.222. The molecule has 2 aromatic rings. The lowest BCUT2D eigenvalue weighted by Crippen LogP contribution is -1.85. The van der Waals surface area contributed by atoms with Gasteiger partial charge in [0.25, 0.3) is 0 Å². The Kier molecular flexibility index (Phi) is 2.06. The second-order valence-electron chi connectivity index (χ2n) is 2.59. The highest BCUT2D eigenvalue weighted by atomic mass is 32.1. The fourth-order valence-corrected chi connectivity index (χ4v) is 1.90. The minimum Gasteiger partial charge on any atom is -0.380 e. The summed E-state index contributed by atoms with van der Waals surface area (Å²) in [6.07, 6.45) is 0. The highest BCUT2D eigenvalue weighted by Gasteiger charge is 1.97. The van der Waals surface area contributed by atoms with Crippen LogP contribution in [0.15, 0.2) is 23.7 Å². The second-order valence-corrected chi connectivity index (χ2v) is 3.47. The van der Waals surface area contributed by atoms with E-state index < -0.39 is 0 Å². The molecule has 2 nitrogen and oxygen atoms in total. The van der Waals surface area contributed by atoms with Gasteiger partial charge >= 0.3 is 0 Å². The molecule has 2 rings (SSSR count). The molecule has 1 aromatic carbocycles. The van der Waals surface area contributed by atoms with Crippen LogP contribution in [0.5, 0.6) is 0 Å². The molecule has 0 aliphatic rings. The molecule has 0 unspecified atom stereocenters. The van der Waals surface area contributed by atoms with Crippen LogP contribution in [0, 0.1) is 0 Å². The highest BCUT2D eigenvalue weighted by Crippen LogP contribution is 2.19. The van der Waals surface area contributed by atoms with E-state index in [2.05, 4.69) is 11.1 Å². The van der Waals surface area contributed by atoms with Gasteiger partial charge in [-0.3, -0.25) is 0 Å². The van der Waals surface area contributed by atoms with Gasteiger partial charge in [0.1, 0.15) is 0 Å². The molecule has 0 radical (unpaired) electrons. The van der Waals surface area contributed by atoms with Crippen LogP contribution in [0.3, 0.4) is 0 Å². The Hall–Kier alpha value is -0.930. The normalized spacial score (nSPS) is 10.8. The number of ether oxygens (including phenoxy) is 1. The van der Waals surface area contributed by atoms with E-state index in [4.69, 9.17) is 4.74 Å². The molecule has 0 spiro atoms. The van der Waals surface area contributed by atoms with Crippen molar-refractivity contribution in [1.29, 1.82) is 0 Å². The van der Waals surface area contributed by atoms with Gasteiger partial charge in [-0.05, 0) is 17.7 Å². The van der Waals surface area contributed by atoms with Crippen molar-refractivity contribution in [2.75, 3.05) is 7.11 Å². The van der Waals surface area contributed by atoms with Gasteiger partial charge in [-0.1, -0.05) is 6.07 Å². The largest absolute Gasteiger partial charge is 0.380 e. The number of aromatic nitrogens is 1. The molecule has 1 aromatic heterocycles. The van der Waals surface area contributed by atoms with Crippen molar-refractivity contribution in [3.63, 3.8) is 0 Å². The topological polar surface area (TPSA) is 22.1 Å². The van der Waals surface area contributed by atoms with Crippen LogP contribution < -0.4 is 0 Å². The van der Waals surface area contributed by atoms with Crippen LogP contribution in [-0.2, 0) is 11.3 Å². The summed E-state index contributed by atoms with van der Waals surface area (Å²) in [4.78, 5) is 4.20. The lowest BCUT2D eigenvalue weighted by Gasteiger charge is -1.97. The second kappa shape index (κ2) is 3.21. The van der Waals surface area contributed by atoms with E-state index >= 15 is 0 Å². The van der Waals surface area contributed by atoms with Gasteiger partial charge in [-0.25, -0.2) is 4.98 Å². The third kappa shape index (κ3) is 1.33. The molecule has 0 aliphatic carbocycles. The third-order valence-electron chi connectivity index (χ3n) is 1.71. The number of hydrogen-bond donors (Lipinski definition) is 0. The summed E-state index contributed by atoms with van der Waals surface area (Å²) in [5, 5.41) is 0. The number of rotatable bonds is 2. The molecule has 1 heterocycles. The van der Waals surface area contributed by atoms with Gasteiger partial charge < -0.3 is 4.74 Å². The number of methoxy groups -OCH3 is 1. The first-order valence-corrected chi connectivity index (χ1v) is 4.59. The molecule has 0 atom stereocenters. The van der Waals surface area contributed by atoms with Crippen molar-refractivity contribution in [3.05, 3.63) is 29.3 Å². The molecular weight excluding hydrogens is 170 g/mol. The molecule has 0 fully saturated rings. The smallest absolute Gasteiger partial charge is 0.0812 e. The lowest BCUT2D eigenvalue weighted by atomic mass is 10.2. The van der Waals surface area contributed by atoms with Crippen LogP contribution >= 0.6 is 11.3 Å². The Morgan fingerprint density at radius 2 is 2.42 bits per heavy atom. The summed E-state index contributed by atoms with van der Waals surface area (Å²) in [5.41, 5.74) is 4.13. The van der Waals surface area contributed by atoms with Crippen LogP contribution in [0.25, 0.3) is 10.2 Å². The maximum Gasteiger partial charge on any atom is 0.0812 e. The maximum absolute atomic E-state index is 5.04. The van der Waals surface area contributed by atoms with Crippen LogP contribution in [0.1, 0.15) is 5.56 Å². The van der Waals surface area contributed by atoms with Crippen molar-refractivity contribution >= 4 is 21.6 Å². The van der Waals surface area contributed by atoms with Crippen LogP contribution in [-0.4, -0.2) is 12.1 Å². The molecule has 0 amide bonds. The molecule has 62 valence electrons. The summed E-state index contributed by atoms with van der Waals surface area (Å²) < 4.78 is 6.26. The quantitative estimate of drug-likeness (QED) is 0.706. The predicted octanol–water partition coefficient (Wildman–Crippen LogP) is 2.44. The van der Waals surface area contributed by atoms with E-state index in [1.807, 2.05) is 17.6 Å². The molecular formula is C9H9NOS. The van der Waals surface area contributed by atoms with E-state index in [0.717, 1.165) is 5.52 Å². The van der Waals surface area contributed by atoms with Gasteiger partial charge in [0, 0.05) is 7.11 Å². The van der Waals surface area contributed by atoms with Crippen molar-refractivity contribution in [2.45, 2.75) is 6.61 Å². The highest BCUT2D eigenvalue weighted by molar-refractivity contribution is 7.16. The first kappa shape index (κ1) is 7.71. The van der Waals surface area contributed by atoms with E-state index in [0.29, 0.717) is 6.61 Å². The molecule has 0 aliphatic heterocycles. The Balaban J connectivity index is 2.46. The average Bonchev–Trinajstić information content (AvgIpc) is 2.51. The third-order valence-corrected chi connectivity index (χ3v) is 2.50. The zero-order valence-corrected chi connectivity index (χ0v) is 7.60. The number of fused-ring (bicyclic) bond motifs is 1. The summed E-state index contributed by atoms with van der Waals surface area (Å²) in [6, 6.07) is 6.20. The predicted molar refractivity (Wildman–Crippen MR) is 50.3 cm³/mol. The Labute approximate surface area is 74.8 Å². The molecule has 0 N–H and O–H groups in total. The Morgan fingerprint density at radius 1 is 1.50 bits per heavy atom. The van der Waals surface area contributed by atoms with Crippen LogP contribution in [0.4, 0.5) is 0 Å². The van der Waals surface area contributed by atoms with E-state index in [9.17, 15) is 0 Å². The monoisotopic (exact) mass is 179 g/mol.